The molecule has 0 spiro atoms. The molecule has 5 heteroatoms. The Morgan fingerprint density at radius 3 is 2.73 bits per heavy atom. The van der Waals surface area contributed by atoms with Crippen molar-refractivity contribution in [3.05, 3.63) is 40.8 Å². The lowest BCUT2D eigenvalue weighted by atomic mass is 10.1. The van der Waals surface area contributed by atoms with Gasteiger partial charge in [0.15, 0.2) is 0 Å². The molecule has 22 heavy (non-hydrogen) atoms. The van der Waals surface area contributed by atoms with Crippen LogP contribution in [-0.4, -0.2) is 23.2 Å². The summed E-state index contributed by atoms with van der Waals surface area (Å²) in [7, 11) is 0. The maximum Gasteiger partial charge on any atom is 0.307 e. The average molecular weight is 303 g/mol. The zero-order valence-corrected chi connectivity index (χ0v) is 13.2. The number of pyridine rings is 1. The number of esters is 1. The average Bonchev–Trinajstić information content (AvgIpc) is 2.46. The van der Waals surface area contributed by atoms with E-state index in [1.165, 1.54) is 4.57 Å². The number of benzene rings is 1. The summed E-state index contributed by atoms with van der Waals surface area (Å²) in [5.41, 5.74) is -0.113. The predicted molar refractivity (Wildman–Crippen MR) is 85.2 cm³/mol. The first kappa shape index (κ1) is 16.1. The molecule has 0 saturated heterocycles. The smallest absolute Gasteiger partial charge is 0.307 e. The lowest BCUT2D eigenvalue weighted by Crippen LogP contribution is -2.21. The Bertz CT molecular complexity index is 718. The standard InChI is InChI=1S/C17H21NO4/c1-4-21-16(19)8-10-18-9-7-13-11-14(22-12(2)3)5-6-15(13)17(18)20/h5-7,9,11-12H,4,8,10H2,1-3H3. The Morgan fingerprint density at radius 1 is 1.27 bits per heavy atom. The van der Waals surface area contributed by atoms with E-state index in [9.17, 15) is 9.59 Å². The highest BCUT2D eigenvalue weighted by molar-refractivity contribution is 5.82. The van der Waals surface area contributed by atoms with Gasteiger partial charge in [0, 0.05) is 18.1 Å². The van der Waals surface area contributed by atoms with E-state index in [1.54, 1.807) is 25.3 Å². The van der Waals surface area contributed by atoms with E-state index in [1.807, 2.05) is 26.0 Å². The van der Waals surface area contributed by atoms with Crippen molar-refractivity contribution >= 4 is 16.7 Å². The molecule has 0 unspecified atom stereocenters. The molecule has 5 nitrogen and oxygen atoms in total. The van der Waals surface area contributed by atoms with Crippen LogP contribution >= 0.6 is 0 Å². The first-order valence-electron chi connectivity index (χ1n) is 7.46. The summed E-state index contributed by atoms with van der Waals surface area (Å²) < 4.78 is 12.0. The SMILES string of the molecule is CCOC(=O)CCn1ccc2cc(OC(C)C)ccc2c1=O. The van der Waals surface area contributed by atoms with Crippen molar-refractivity contribution < 1.29 is 14.3 Å². The third-order valence-corrected chi connectivity index (χ3v) is 3.18. The molecule has 0 bridgehead atoms. The van der Waals surface area contributed by atoms with Crippen LogP contribution in [0.2, 0.25) is 0 Å². The number of ether oxygens (including phenoxy) is 2. The zero-order valence-electron chi connectivity index (χ0n) is 13.2. The van der Waals surface area contributed by atoms with Gasteiger partial charge in [0.1, 0.15) is 5.75 Å². The van der Waals surface area contributed by atoms with Gasteiger partial charge in [-0.2, -0.15) is 0 Å². The lowest BCUT2D eigenvalue weighted by molar-refractivity contribution is -0.143. The van der Waals surface area contributed by atoms with Crippen molar-refractivity contribution in [1.82, 2.24) is 4.57 Å². The molecule has 0 radical (unpaired) electrons. The number of carbonyl (C=O) groups excluding carboxylic acids is 1. The summed E-state index contributed by atoms with van der Waals surface area (Å²) in [5, 5.41) is 1.44. The van der Waals surface area contributed by atoms with E-state index in [0.717, 1.165) is 11.1 Å². The van der Waals surface area contributed by atoms with Gasteiger partial charge in [-0.25, -0.2) is 0 Å². The van der Waals surface area contributed by atoms with Crippen LogP contribution in [0.3, 0.4) is 0 Å². The van der Waals surface area contributed by atoms with E-state index in [2.05, 4.69) is 0 Å². The predicted octanol–water partition coefficient (Wildman–Crippen LogP) is 2.74. The molecule has 2 aromatic rings. The van der Waals surface area contributed by atoms with Gasteiger partial charge in [0.25, 0.3) is 5.56 Å². The second kappa shape index (κ2) is 7.11. The Kier molecular flexibility index (Phi) is 5.20. The Morgan fingerprint density at radius 2 is 2.05 bits per heavy atom. The van der Waals surface area contributed by atoms with Gasteiger partial charge in [0.05, 0.1) is 19.1 Å². The van der Waals surface area contributed by atoms with Crippen LogP contribution in [0.25, 0.3) is 10.8 Å². The quantitative estimate of drug-likeness (QED) is 0.770. The van der Waals surface area contributed by atoms with Crippen LogP contribution in [0.15, 0.2) is 35.3 Å². The molecule has 1 aromatic heterocycles. The van der Waals surface area contributed by atoms with Gasteiger partial charge in [0.2, 0.25) is 0 Å². The summed E-state index contributed by atoms with van der Waals surface area (Å²) in [6.07, 6.45) is 1.97. The molecule has 2 rings (SSSR count). The van der Waals surface area contributed by atoms with Crippen molar-refractivity contribution in [1.29, 1.82) is 0 Å². The number of fused-ring (bicyclic) bond motifs is 1. The highest BCUT2D eigenvalue weighted by Gasteiger charge is 2.07. The van der Waals surface area contributed by atoms with E-state index >= 15 is 0 Å². The zero-order chi connectivity index (χ0) is 16.1. The van der Waals surface area contributed by atoms with Gasteiger partial charge >= 0.3 is 5.97 Å². The molecule has 0 aliphatic carbocycles. The Hall–Kier alpha value is -2.30. The summed E-state index contributed by atoms with van der Waals surface area (Å²) in [5.74, 6) is 0.446. The number of hydrogen-bond donors (Lipinski definition) is 0. The molecule has 0 fully saturated rings. The van der Waals surface area contributed by atoms with Crippen LogP contribution in [-0.2, 0) is 16.1 Å². The molecule has 1 heterocycles. The lowest BCUT2D eigenvalue weighted by Gasteiger charge is -2.11. The van der Waals surface area contributed by atoms with Crippen LogP contribution in [0.1, 0.15) is 27.2 Å². The van der Waals surface area contributed by atoms with Crippen molar-refractivity contribution in [2.45, 2.75) is 39.8 Å². The third kappa shape index (κ3) is 3.87. The number of hydrogen-bond acceptors (Lipinski definition) is 4. The normalized spacial score (nSPS) is 10.9. The van der Waals surface area contributed by atoms with Crippen LogP contribution in [0, 0.1) is 0 Å². The minimum Gasteiger partial charge on any atom is -0.491 e. The highest BCUT2D eigenvalue weighted by Crippen LogP contribution is 2.19. The van der Waals surface area contributed by atoms with Crippen molar-refractivity contribution in [2.24, 2.45) is 0 Å². The first-order valence-corrected chi connectivity index (χ1v) is 7.46. The summed E-state index contributed by atoms with van der Waals surface area (Å²) >= 11 is 0. The second-order valence-electron chi connectivity index (χ2n) is 5.28. The highest BCUT2D eigenvalue weighted by atomic mass is 16.5. The van der Waals surface area contributed by atoms with E-state index < -0.39 is 0 Å². The molecule has 118 valence electrons. The van der Waals surface area contributed by atoms with E-state index in [4.69, 9.17) is 9.47 Å². The summed E-state index contributed by atoms with van der Waals surface area (Å²) in [6.45, 7) is 6.34. The monoisotopic (exact) mass is 303 g/mol. The number of nitrogens with zero attached hydrogens (tertiary/aromatic N) is 1. The Balaban J connectivity index is 2.23. The van der Waals surface area contributed by atoms with Gasteiger partial charge < -0.3 is 14.0 Å². The fraction of sp³-hybridized carbons (Fsp3) is 0.412. The second-order valence-corrected chi connectivity index (χ2v) is 5.28. The number of aryl methyl sites for hydroxylation is 1. The molecule has 0 aliphatic rings. The third-order valence-electron chi connectivity index (χ3n) is 3.18. The fourth-order valence-electron chi connectivity index (χ4n) is 2.23. The van der Waals surface area contributed by atoms with E-state index in [0.29, 0.717) is 18.5 Å². The van der Waals surface area contributed by atoms with Crippen molar-refractivity contribution in [3.8, 4) is 5.75 Å². The first-order chi connectivity index (χ1) is 10.5. The minimum atomic E-state index is -0.296. The molecule has 0 aliphatic heterocycles. The topological polar surface area (TPSA) is 57.5 Å². The number of carbonyl (C=O) groups is 1. The minimum absolute atomic E-state index is 0.0856. The molecule has 1 aromatic carbocycles. The molecule has 0 atom stereocenters. The molecule has 0 N–H and O–H groups in total. The van der Waals surface area contributed by atoms with Crippen molar-refractivity contribution in [3.63, 3.8) is 0 Å². The largest absolute Gasteiger partial charge is 0.491 e. The summed E-state index contributed by atoms with van der Waals surface area (Å²) in [6, 6.07) is 7.26. The molecule has 0 saturated carbocycles. The molecule has 0 amide bonds. The van der Waals surface area contributed by atoms with Crippen LogP contribution in [0.4, 0.5) is 0 Å². The van der Waals surface area contributed by atoms with Gasteiger partial charge in [-0.15, -0.1) is 0 Å². The molecular weight excluding hydrogens is 282 g/mol. The fourth-order valence-corrected chi connectivity index (χ4v) is 2.23. The maximum absolute atomic E-state index is 12.4. The van der Waals surface area contributed by atoms with Gasteiger partial charge in [-0.1, -0.05) is 0 Å². The Labute approximate surface area is 129 Å². The maximum atomic E-state index is 12.4. The van der Waals surface area contributed by atoms with Gasteiger partial charge in [-0.3, -0.25) is 9.59 Å². The summed E-state index contributed by atoms with van der Waals surface area (Å²) in [4.78, 5) is 23.8. The van der Waals surface area contributed by atoms with E-state index in [-0.39, 0.29) is 24.1 Å². The van der Waals surface area contributed by atoms with Crippen LogP contribution in [0.5, 0.6) is 5.75 Å². The van der Waals surface area contributed by atoms with Crippen LogP contribution < -0.4 is 10.3 Å². The van der Waals surface area contributed by atoms with Gasteiger partial charge in [-0.05, 0) is 50.4 Å². The number of rotatable bonds is 6. The molecular formula is C17H21NO4. The number of aromatic nitrogens is 1. The van der Waals surface area contributed by atoms with Crippen molar-refractivity contribution in [2.75, 3.05) is 6.61 Å².